The number of esters is 1. The highest BCUT2D eigenvalue weighted by atomic mass is 35.5. The number of hydrogen-bond donors (Lipinski definition) is 1. The molecule has 2 aromatic carbocycles. The van der Waals surface area contributed by atoms with Crippen molar-refractivity contribution in [2.45, 2.75) is 32.7 Å². The maximum atomic E-state index is 13.3. The highest BCUT2D eigenvalue weighted by Crippen LogP contribution is 2.43. The molecule has 0 radical (unpaired) electrons. The van der Waals surface area contributed by atoms with Crippen molar-refractivity contribution in [3.8, 4) is 0 Å². The number of carbonyl (C=O) groups excluding carboxylic acids is 3. The standard InChI is InChI=1S/C25H23ClN2O4/c1-3-32-25(31)21-15(2)27-24-18(23(30)16-9-5-4-6-10-16)13-14-20(29)28(24)22(21)17-11-7-8-12-19(17)26/h4-12,22,27H,3,13-14H2,1-2H3. The monoisotopic (exact) mass is 450 g/mol. The Balaban J connectivity index is 1.93. The predicted octanol–water partition coefficient (Wildman–Crippen LogP) is 4.54. The van der Waals surface area contributed by atoms with Gasteiger partial charge in [0.1, 0.15) is 5.82 Å². The van der Waals surface area contributed by atoms with Crippen molar-refractivity contribution >= 4 is 29.3 Å². The first-order chi connectivity index (χ1) is 15.4. The van der Waals surface area contributed by atoms with Gasteiger partial charge in [-0.1, -0.05) is 60.1 Å². The minimum absolute atomic E-state index is 0.148. The van der Waals surface area contributed by atoms with Crippen LogP contribution < -0.4 is 5.32 Å². The molecule has 2 heterocycles. The lowest BCUT2D eigenvalue weighted by Crippen LogP contribution is -2.49. The molecule has 0 aromatic heterocycles. The average molecular weight is 451 g/mol. The van der Waals surface area contributed by atoms with Gasteiger partial charge in [0.2, 0.25) is 5.91 Å². The number of allylic oxidation sites excluding steroid dienone is 2. The van der Waals surface area contributed by atoms with E-state index in [0.29, 0.717) is 45.2 Å². The fraction of sp³-hybridized carbons (Fsp3) is 0.240. The number of halogens is 1. The quantitative estimate of drug-likeness (QED) is 0.534. The Hall–Kier alpha value is -3.38. The largest absolute Gasteiger partial charge is 0.463 e. The summed E-state index contributed by atoms with van der Waals surface area (Å²) in [6.07, 6.45) is 0.456. The number of hydrogen-bond acceptors (Lipinski definition) is 5. The van der Waals surface area contributed by atoms with Gasteiger partial charge in [-0.3, -0.25) is 14.5 Å². The second-order valence-electron chi connectivity index (χ2n) is 7.59. The second-order valence-corrected chi connectivity index (χ2v) is 8.00. The summed E-state index contributed by atoms with van der Waals surface area (Å²) in [4.78, 5) is 40.9. The van der Waals surface area contributed by atoms with Crippen molar-refractivity contribution in [3.05, 3.63) is 93.4 Å². The number of fused-ring (bicyclic) bond motifs is 1. The van der Waals surface area contributed by atoms with Gasteiger partial charge in [0.05, 0.1) is 18.2 Å². The molecule has 0 aliphatic carbocycles. The molecule has 164 valence electrons. The highest BCUT2D eigenvalue weighted by molar-refractivity contribution is 6.31. The number of Topliss-reactive ketones (excluding diaryl/α,β-unsaturated/α-hetero) is 1. The third kappa shape index (κ3) is 3.82. The molecule has 1 amide bonds. The van der Waals surface area contributed by atoms with E-state index in [1.165, 1.54) is 4.90 Å². The fourth-order valence-corrected chi connectivity index (χ4v) is 4.42. The fourth-order valence-electron chi connectivity index (χ4n) is 4.18. The summed E-state index contributed by atoms with van der Waals surface area (Å²) in [5.41, 5.74) is 2.45. The molecular weight excluding hydrogens is 428 g/mol. The predicted molar refractivity (Wildman–Crippen MR) is 121 cm³/mol. The minimum Gasteiger partial charge on any atom is -0.463 e. The lowest BCUT2D eigenvalue weighted by atomic mass is 9.88. The van der Waals surface area contributed by atoms with Crippen LogP contribution in [0.2, 0.25) is 5.02 Å². The molecule has 0 saturated heterocycles. The molecule has 1 atom stereocenters. The van der Waals surface area contributed by atoms with Crippen molar-refractivity contribution in [2.24, 2.45) is 0 Å². The van der Waals surface area contributed by atoms with Crippen molar-refractivity contribution in [3.63, 3.8) is 0 Å². The van der Waals surface area contributed by atoms with Gasteiger partial charge in [0.25, 0.3) is 0 Å². The molecule has 1 N–H and O–H groups in total. The van der Waals surface area contributed by atoms with E-state index < -0.39 is 12.0 Å². The number of ether oxygens (including phenoxy) is 1. The average Bonchev–Trinajstić information content (AvgIpc) is 2.79. The number of nitrogens with one attached hydrogen (secondary N) is 1. The van der Waals surface area contributed by atoms with Gasteiger partial charge >= 0.3 is 5.97 Å². The van der Waals surface area contributed by atoms with Gasteiger partial charge in [0.15, 0.2) is 5.78 Å². The summed E-state index contributed by atoms with van der Waals surface area (Å²) in [6.45, 7) is 3.66. The van der Waals surface area contributed by atoms with Crippen LogP contribution in [0.25, 0.3) is 0 Å². The van der Waals surface area contributed by atoms with Crippen LogP contribution in [0.1, 0.15) is 48.7 Å². The van der Waals surface area contributed by atoms with Crippen LogP contribution in [0.15, 0.2) is 77.3 Å². The third-order valence-electron chi connectivity index (χ3n) is 5.63. The van der Waals surface area contributed by atoms with E-state index in [0.717, 1.165) is 0 Å². The van der Waals surface area contributed by atoms with Gasteiger partial charge in [-0.25, -0.2) is 4.79 Å². The molecule has 2 aliphatic rings. The van der Waals surface area contributed by atoms with Gasteiger partial charge in [-0.15, -0.1) is 0 Å². The summed E-state index contributed by atoms with van der Waals surface area (Å²) >= 11 is 6.51. The summed E-state index contributed by atoms with van der Waals surface area (Å²) in [5, 5.41) is 3.58. The van der Waals surface area contributed by atoms with E-state index >= 15 is 0 Å². The smallest absolute Gasteiger partial charge is 0.338 e. The Morgan fingerprint density at radius 1 is 1.09 bits per heavy atom. The summed E-state index contributed by atoms with van der Waals surface area (Å²) in [6, 6.07) is 15.2. The molecule has 32 heavy (non-hydrogen) atoms. The van der Waals surface area contributed by atoms with Crippen molar-refractivity contribution in [1.82, 2.24) is 10.2 Å². The molecule has 7 heteroatoms. The van der Waals surface area contributed by atoms with E-state index in [1.807, 2.05) is 6.07 Å². The van der Waals surface area contributed by atoms with Crippen molar-refractivity contribution in [2.75, 3.05) is 6.61 Å². The molecular formula is C25H23ClN2O4. The Morgan fingerprint density at radius 3 is 2.47 bits per heavy atom. The van der Waals surface area contributed by atoms with Gasteiger partial charge in [-0.05, 0) is 31.9 Å². The highest BCUT2D eigenvalue weighted by Gasteiger charge is 2.44. The second kappa shape index (κ2) is 9.01. The first kappa shape index (κ1) is 21.8. The molecule has 2 aliphatic heterocycles. The Labute approximate surface area is 191 Å². The first-order valence-electron chi connectivity index (χ1n) is 10.5. The maximum absolute atomic E-state index is 13.3. The zero-order valence-corrected chi connectivity index (χ0v) is 18.6. The van der Waals surface area contributed by atoms with Crippen LogP contribution in [0.5, 0.6) is 0 Å². The van der Waals surface area contributed by atoms with Gasteiger partial charge < -0.3 is 10.1 Å². The molecule has 0 fully saturated rings. The van der Waals surface area contributed by atoms with E-state index in [4.69, 9.17) is 16.3 Å². The number of amides is 1. The van der Waals surface area contributed by atoms with Crippen LogP contribution in [0, 0.1) is 0 Å². The molecule has 0 spiro atoms. The van der Waals surface area contributed by atoms with E-state index in [2.05, 4.69) is 5.32 Å². The van der Waals surface area contributed by atoms with Crippen LogP contribution in [-0.2, 0) is 14.3 Å². The SMILES string of the molecule is CCOC(=O)C1=C(C)NC2=C(C(=O)c3ccccc3)CCC(=O)N2C1c1ccccc1Cl. The molecule has 2 aromatic rings. The van der Waals surface area contributed by atoms with Crippen LogP contribution in [0.4, 0.5) is 0 Å². The number of benzene rings is 2. The van der Waals surface area contributed by atoms with E-state index in [9.17, 15) is 14.4 Å². The molecule has 4 rings (SSSR count). The number of nitrogens with zero attached hydrogens (tertiary/aromatic N) is 1. The Morgan fingerprint density at radius 2 is 1.78 bits per heavy atom. The normalized spacial score (nSPS) is 18.3. The third-order valence-corrected chi connectivity index (χ3v) is 5.98. The van der Waals surface area contributed by atoms with E-state index in [-0.39, 0.29) is 24.7 Å². The molecule has 0 bridgehead atoms. The minimum atomic E-state index is -0.801. The van der Waals surface area contributed by atoms with Crippen LogP contribution >= 0.6 is 11.6 Å². The first-order valence-corrected chi connectivity index (χ1v) is 10.9. The zero-order chi connectivity index (χ0) is 22.8. The Kier molecular flexibility index (Phi) is 6.15. The molecule has 6 nitrogen and oxygen atoms in total. The summed E-state index contributed by atoms with van der Waals surface area (Å²) in [7, 11) is 0. The van der Waals surface area contributed by atoms with Crippen molar-refractivity contribution in [1.29, 1.82) is 0 Å². The number of carbonyl (C=O) groups is 3. The Bertz CT molecular complexity index is 1150. The zero-order valence-electron chi connectivity index (χ0n) is 17.9. The lowest BCUT2D eigenvalue weighted by Gasteiger charge is -2.43. The summed E-state index contributed by atoms with van der Waals surface area (Å²) < 4.78 is 5.30. The van der Waals surface area contributed by atoms with Gasteiger partial charge in [0, 0.05) is 28.3 Å². The van der Waals surface area contributed by atoms with E-state index in [1.54, 1.807) is 62.4 Å². The van der Waals surface area contributed by atoms with Crippen LogP contribution in [-0.4, -0.2) is 29.2 Å². The molecule has 0 saturated carbocycles. The number of rotatable bonds is 5. The summed E-state index contributed by atoms with van der Waals surface area (Å²) in [5.74, 6) is -0.492. The number of ketones is 1. The maximum Gasteiger partial charge on any atom is 0.338 e. The molecule has 1 unspecified atom stereocenters. The van der Waals surface area contributed by atoms with Crippen molar-refractivity contribution < 1.29 is 19.1 Å². The lowest BCUT2D eigenvalue weighted by molar-refractivity contribution is -0.140. The topological polar surface area (TPSA) is 75.7 Å². The van der Waals surface area contributed by atoms with Crippen LogP contribution in [0.3, 0.4) is 0 Å². The van der Waals surface area contributed by atoms with Gasteiger partial charge in [-0.2, -0.15) is 0 Å².